The van der Waals surface area contributed by atoms with Gasteiger partial charge >= 0.3 is 0 Å². The van der Waals surface area contributed by atoms with E-state index in [-0.39, 0.29) is 18.4 Å². The monoisotopic (exact) mass is 473 g/mol. The fourth-order valence-corrected chi connectivity index (χ4v) is 4.14. The third-order valence-electron chi connectivity index (χ3n) is 6.23. The van der Waals surface area contributed by atoms with Crippen LogP contribution in [0.1, 0.15) is 12.5 Å². The number of rotatable bonds is 8. The van der Waals surface area contributed by atoms with Crippen molar-refractivity contribution in [3.05, 3.63) is 72.3 Å². The summed E-state index contributed by atoms with van der Waals surface area (Å²) in [6, 6.07) is 21.2. The molecule has 2 aromatic carbocycles. The Morgan fingerprint density at radius 2 is 1.71 bits per heavy atom. The van der Waals surface area contributed by atoms with E-state index < -0.39 is 0 Å². The average Bonchev–Trinajstić information content (AvgIpc) is 2.92. The number of hydrogen-bond donors (Lipinski definition) is 0. The molecule has 2 heterocycles. The van der Waals surface area contributed by atoms with Crippen LogP contribution in [0.25, 0.3) is 11.3 Å². The Labute approximate surface area is 206 Å². The summed E-state index contributed by atoms with van der Waals surface area (Å²) >= 11 is 0. The first-order valence-corrected chi connectivity index (χ1v) is 11.9. The molecule has 1 aromatic heterocycles. The van der Waals surface area contributed by atoms with Crippen molar-refractivity contribution in [2.24, 2.45) is 0 Å². The van der Waals surface area contributed by atoms with Gasteiger partial charge in [-0.15, -0.1) is 10.2 Å². The first-order chi connectivity index (χ1) is 17.1. The molecule has 0 bridgehead atoms. The zero-order valence-corrected chi connectivity index (χ0v) is 20.3. The number of piperazine rings is 1. The molecule has 35 heavy (non-hydrogen) atoms. The van der Waals surface area contributed by atoms with E-state index in [1.165, 1.54) is 0 Å². The first-order valence-electron chi connectivity index (χ1n) is 11.9. The summed E-state index contributed by atoms with van der Waals surface area (Å²) in [7, 11) is 1.64. The van der Waals surface area contributed by atoms with E-state index in [0.717, 1.165) is 28.4 Å². The smallest absolute Gasteiger partial charge is 0.242 e. The molecule has 8 nitrogen and oxygen atoms in total. The van der Waals surface area contributed by atoms with Gasteiger partial charge in [0, 0.05) is 38.3 Å². The molecule has 2 amide bonds. The fourth-order valence-electron chi connectivity index (χ4n) is 4.14. The number of carbonyl (C=O) groups excluding carboxylic acids is 2. The van der Waals surface area contributed by atoms with E-state index in [1.807, 2.05) is 78.6 Å². The Bertz CT molecular complexity index is 1130. The van der Waals surface area contributed by atoms with Crippen molar-refractivity contribution in [1.29, 1.82) is 0 Å². The van der Waals surface area contributed by atoms with Gasteiger partial charge in [-0.3, -0.25) is 9.59 Å². The van der Waals surface area contributed by atoms with E-state index in [1.54, 1.807) is 12.0 Å². The molecule has 1 saturated heterocycles. The van der Waals surface area contributed by atoms with Gasteiger partial charge in [-0.2, -0.15) is 0 Å². The van der Waals surface area contributed by atoms with Crippen LogP contribution in [0.5, 0.6) is 5.75 Å². The first kappa shape index (κ1) is 24.2. The van der Waals surface area contributed by atoms with Gasteiger partial charge in [0.1, 0.15) is 5.75 Å². The summed E-state index contributed by atoms with van der Waals surface area (Å²) in [5.74, 6) is 1.51. The second kappa shape index (κ2) is 11.5. The van der Waals surface area contributed by atoms with Crippen LogP contribution < -0.4 is 9.64 Å². The third kappa shape index (κ3) is 6.15. The number of ether oxygens (including phenoxy) is 1. The topological polar surface area (TPSA) is 78.9 Å². The lowest BCUT2D eigenvalue weighted by Gasteiger charge is -2.36. The van der Waals surface area contributed by atoms with Crippen LogP contribution in [-0.2, 0) is 16.0 Å². The summed E-state index contributed by atoms with van der Waals surface area (Å²) < 4.78 is 5.29. The van der Waals surface area contributed by atoms with Crippen molar-refractivity contribution >= 4 is 17.6 Å². The van der Waals surface area contributed by atoms with Crippen LogP contribution in [0.4, 0.5) is 5.82 Å². The summed E-state index contributed by atoms with van der Waals surface area (Å²) in [4.78, 5) is 31.2. The normalized spacial score (nSPS) is 13.4. The Balaban J connectivity index is 1.29. The Hall–Kier alpha value is -3.94. The molecular weight excluding hydrogens is 442 g/mol. The maximum absolute atomic E-state index is 12.9. The molecule has 0 unspecified atom stereocenters. The van der Waals surface area contributed by atoms with Gasteiger partial charge in [0.2, 0.25) is 11.8 Å². The summed E-state index contributed by atoms with van der Waals surface area (Å²) in [6.45, 7) is 5.03. The highest BCUT2D eigenvalue weighted by Crippen LogP contribution is 2.23. The van der Waals surface area contributed by atoms with Crippen LogP contribution >= 0.6 is 0 Å². The SMILES string of the molecule is CCN(CC(=O)N1CCN(c2ccc(-c3cccc(OC)c3)nn2)CC1)C(=O)Cc1ccccc1. The molecule has 0 aliphatic carbocycles. The van der Waals surface area contributed by atoms with Gasteiger partial charge in [-0.05, 0) is 36.8 Å². The molecule has 1 aliphatic rings. The number of nitrogens with zero attached hydrogens (tertiary/aromatic N) is 5. The van der Waals surface area contributed by atoms with Crippen molar-refractivity contribution in [2.75, 3.05) is 51.3 Å². The molecule has 1 fully saturated rings. The van der Waals surface area contributed by atoms with Crippen molar-refractivity contribution in [3.63, 3.8) is 0 Å². The molecule has 0 atom stereocenters. The number of carbonyl (C=O) groups is 2. The van der Waals surface area contributed by atoms with Gasteiger partial charge in [0.15, 0.2) is 5.82 Å². The van der Waals surface area contributed by atoms with Crippen molar-refractivity contribution in [2.45, 2.75) is 13.3 Å². The molecule has 0 radical (unpaired) electrons. The molecule has 1 aliphatic heterocycles. The highest BCUT2D eigenvalue weighted by atomic mass is 16.5. The van der Waals surface area contributed by atoms with Crippen LogP contribution in [-0.4, -0.2) is 78.2 Å². The Kier molecular flexibility index (Phi) is 7.92. The second-order valence-electron chi connectivity index (χ2n) is 8.45. The second-order valence-corrected chi connectivity index (χ2v) is 8.45. The molecule has 182 valence electrons. The van der Waals surface area contributed by atoms with Gasteiger partial charge in [0.25, 0.3) is 0 Å². The molecule has 0 spiro atoms. The maximum Gasteiger partial charge on any atom is 0.242 e. The van der Waals surface area contributed by atoms with Crippen LogP contribution in [0, 0.1) is 0 Å². The zero-order valence-electron chi connectivity index (χ0n) is 20.3. The lowest BCUT2D eigenvalue weighted by atomic mass is 10.1. The number of anilines is 1. The number of amides is 2. The average molecular weight is 474 g/mol. The number of hydrogen-bond acceptors (Lipinski definition) is 6. The predicted octanol–water partition coefficient (Wildman–Crippen LogP) is 2.89. The zero-order chi connectivity index (χ0) is 24.6. The quantitative estimate of drug-likeness (QED) is 0.501. The summed E-state index contributed by atoms with van der Waals surface area (Å²) in [5.41, 5.74) is 2.68. The lowest BCUT2D eigenvalue weighted by Crippen LogP contribution is -2.52. The van der Waals surface area contributed by atoms with E-state index in [2.05, 4.69) is 15.1 Å². The Morgan fingerprint density at radius 1 is 0.943 bits per heavy atom. The summed E-state index contributed by atoms with van der Waals surface area (Å²) in [6.07, 6.45) is 0.306. The fraction of sp³-hybridized carbons (Fsp3) is 0.333. The standard InChI is InChI=1S/C27H31N5O3/c1-3-30(26(33)18-21-8-5-4-6-9-21)20-27(34)32-16-14-31(15-17-32)25-13-12-24(28-29-25)22-10-7-11-23(19-22)35-2/h4-13,19H,3,14-18,20H2,1-2H3. The van der Waals surface area contributed by atoms with Gasteiger partial charge in [-0.1, -0.05) is 42.5 Å². The van der Waals surface area contributed by atoms with Gasteiger partial charge in [-0.25, -0.2) is 0 Å². The predicted molar refractivity (Wildman–Crippen MR) is 135 cm³/mol. The number of likely N-dealkylation sites (N-methyl/N-ethyl adjacent to an activating group) is 1. The molecule has 0 N–H and O–H groups in total. The highest BCUT2D eigenvalue weighted by Gasteiger charge is 2.25. The number of aromatic nitrogens is 2. The minimum atomic E-state index is -0.0305. The molecular formula is C27H31N5O3. The Morgan fingerprint density at radius 3 is 2.37 bits per heavy atom. The minimum absolute atomic E-state index is 0.0210. The van der Waals surface area contributed by atoms with Crippen LogP contribution in [0.2, 0.25) is 0 Å². The number of benzene rings is 2. The number of methoxy groups -OCH3 is 1. The van der Waals surface area contributed by atoms with Gasteiger partial charge in [0.05, 0.1) is 25.8 Å². The van der Waals surface area contributed by atoms with Crippen LogP contribution in [0.15, 0.2) is 66.7 Å². The maximum atomic E-state index is 12.9. The van der Waals surface area contributed by atoms with Gasteiger partial charge < -0.3 is 19.4 Å². The van der Waals surface area contributed by atoms with Crippen LogP contribution in [0.3, 0.4) is 0 Å². The van der Waals surface area contributed by atoms with E-state index >= 15 is 0 Å². The molecule has 8 heteroatoms. The highest BCUT2D eigenvalue weighted by molar-refractivity contribution is 5.86. The van der Waals surface area contributed by atoms with Crippen molar-refractivity contribution in [3.8, 4) is 17.0 Å². The third-order valence-corrected chi connectivity index (χ3v) is 6.23. The van der Waals surface area contributed by atoms with Crippen molar-refractivity contribution < 1.29 is 14.3 Å². The van der Waals surface area contributed by atoms with E-state index in [9.17, 15) is 9.59 Å². The summed E-state index contributed by atoms with van der Waals surface area (Å²) in [5, 5.41) is 8.79. The van der Waals surface area contributed by atoms with Crippen molar-refractivity contribution in [1.82, 2.24) is 20.0 Å². The van der Waals surface area contributed by atoms with E-state index in [0.29, 0.717) is 39.1 Å². The largest absolute Gasteiger partial charge is 0.497 e. The van der Waals surface area contributed by atoms with E-state index in [4.69, 9.17) is 4.74 Å². The molecule has 0 saturated carbocycles. The minimum Gasteiger partial charge on any atom is -0.497 e. The lowest BCUT2D eigenvalue weighted by molar-refractivity contribution is -0.140. The molecule has 3 aromatic rings. The molecule has 4 rings (SSSR count).